The molecule has 0 fully saturated rings. The first-order chi connectivity index (χ1) is 11.1. The van der Waals surface area contributed by atoms with E-state index < -0.39 is 0 Å². The van der Waals surface area contributed by atoms with Gasteiger partial charge < -0.3 is 5.32 Å². The number of hydrogen-bond donors (Lipinski definition) is 1. The molecule has 1 N–H and O–H groups in total. The highest BCUT2D eigenvalue weighted by Gasteiger charge is 2.15. The topological polar surface area (TPSA) is 39.0 Å². The zero-order valence-corrected chi connectivity index (χ0v) is 13.7. The summed E-state index contributed by atoms with van der Waals surface area (Å²) in [5.74, 6) is 0. The maximum absolute atomic E-state index is 12.8. The molecule has 0 saturated heterocycles. The average molecular weight is 307 g/mol. The van der Waals surface area contributed by atoms with E-state index in [0.717, 1.165) is 11.4 Å². The Labute approximate surface area is 136 Å². The van der Waals surface area contributed by atoms with Crippen molar-refractivity contribution in [1.82, 2.24) is 9.36 Å². The fourth-order valence-electron chi connectivity index (χ4n) is 2.76. The van der Waals surface area contributed by atoms with Crippen molar-refractivity contribution in [2.75, 3.05) is 5.32 Å². The van der Waals surface area contributed by atoms with E-state index >= 15 is 0 Å². The van der Waals surface area contributed by atoms with E-state index in [-0.39, 0.29) is 5.56 Å². The lowest BCUT2D eigenvalue weighted by atomic mass is 10.1. The zero-order valence-electron chi connectivity index (χ0n) is 13.7. The monoisotopic (exact) mass is 307 g/mol. The molecule has 0 aliphatic rings. The molecule has 0 radical (unpaired) electrons. The predicted octanol–water partition coefficient (Wildman–Crippen LogP) is 3.40. The number of para-hydroxylation sites is 1. The second-order valence-corrected chi connectivity index (χ2v) is 5.72. The van der Waals surface area contributed by atoms with Crippen molar-refractivity contribution in [3.63, 3.8) is 0 Å². The van der Waals surface area contributed by atoms with Crippen molar-refractivity contribution in [3.8, 4) is 5.69 Å². The lowest BCUT2D eigenvalue weighted by Gasteiger charge is -2.08. The van der Waals surface area contributed by atoms with Crippen molar-refractivity contribution in [2.45, 2.75) is 20.4 Å². The molecule has 118 valence electrons. The fraction of sp³-hybridized carbons (Fsp3) is 0.211. The number of nitrogens with zero attached hydrogens (tertiary/aromatic N) is 2. The van der Waals surface area contributed by atoms with Crippen LogP contribution < -0.4 is 10.9 Å². The maximum Gasteiger partial charge on any atom is 0.295 e. The van der Waals surface area contributed by atoms with Gasteiger partial charge in [-0.05, 0) is 37.1 Å². The molecule has 1 heterocycles. The minimum Gasteiger partial charge on any atom is -0.375 e. The summed E-state index contributed by atoms with van der Waals surface area (Å²) in [6, 6.07) is 17.9. The third kappa shape index (κ3) is 2.80. The van der Waals surface area contributed by atoms with E-state index in [1.807, 2.05) is 61.1 Å². The Balaban J connectivity index is 1.95. The van der Waals surface area contributed by atoms with Gasteiger partial charge in [-0.1, -0.05) is 42.5 Å². The van der Waals surface area contributed by atoms with Gasteiger partial charge in [0.05, 0.1) is 11.4 Å². The minimum absolute atomic E-state index is 0.0233. The normalized spacial score (nSPS) is 10.7. The second kappa shape index (κ2) is 6.16. The summed E-state index contributed by atoms with van der Waals surface area (Å²) in [6.07, 6.45) is 0. The third-order valence-corrected chi connectivity index (χ3v) is 4.27. The largest absolute Gasteiger partial charge is 0.375 e. The van der Waals surface area contributed by atoms with Gasteiger partial charge in [-0.2, -0.15) is 0 Å². The molecule has 3 rings (SSSR count). The number of benzene rings is 2. The van der Waals surface area contributed by atoms with Crippen LogP contribution in [0.4, 0.5) is 5.69 Å². The van der Waals surface area contributed by atoms with Gasteiger partial charge in [0.1, 0.15) is 5.69 Å². The lowest BCUT2D eigenvalue weighted by Crippen LogP contribution is -2.21. The van der Waals surface area contributed by atoms with Crippen molar-refractivity contribution in [3.05, 3.63) is 81.8 Å². The Kier molecular flexibility index (Phi) is 4.06. The Bertz CT molecular complexity index is 875. The van der Waals surface area contributed by atoms with Crippen LogP contribution in [0.5, 0.6) is 0 Å². The van der Waals surface area contributed by atoms with E-state index in [4.69, 9.17) is 0 Å². The van der Waals surface area contributed by atoms with Gasteiger partial charge in [-0.3, -0.25) is 9.48 Å². The van der Waals surface area contributed by atoms with Crippen LogP contribution in [0.2, 0.25) is 0 Å². The van der Waals surface area contributed by atoms with Crippen molar-refractivity contribution in [2.24, 2.45) is 7.05 Å². The molecule has 0 spiro atoms. The molecule has 0 aliphatic carbocycles. The highest BCUT2D eigenvalue weighted by atomic mass is 16.1. The molecule has 0 unspecified atom stereocenters. The first-order valence-electron chi connectivity index (χ1n) is 7.72. The third-order valence-electron chi connectivity index (χ3n) is 4.27. The molecule has 1 aromatic heterocycles. The van der Waals surface area contributed by atoms with E-state index in [1.54, 1.807) is 4.68 Å². The molecule has 0 saturated carbocycles. The minimum atomic E-state index is -0.0233. The first-order valence-corrected chi connectivity index (χ1v) is 7.72. The molecule has 4 heteroatoms. The number of nitrogens with one attached hydrogen (secondary N) is 1. The highest BCUT2D eigenvalue weighted by molar-refractivity contribution is 5.49. The van der Waals surface area contributed by atoms with E-state index in [9.17, 15) is 4.79 Å². The fourth-order valence-corrected chi connectivity index (χ4v) is 2.76. The van der Waals surface area contributed by atoms with Crippen LogP contribution >= 0.6 is 0 Å². The number of hydrogen-bond acceptors (Lipinski definition) is 2. The van der Waals surface area contributed by atoms with Crippen LogP contribution in [0, 0.1) is 13.8 Å². The molecule has 23 heavy (non-hydrogen) atoms. The average Bonchev–Trinajstić information content (AvgIpc) is 2.78. The molecule has 0 bridgehead atoms. The number of aryl methyl sites for hydroxylation is 1. The summed E-state index contributed by atoms with van der Waals surface area (Å²) < 4.78 is 3.58. The van der Waals surface area contributed by atoms with Crippen LogP contribution in [0.15, 0.2) is 59.4 Å². The number of anilines is 1. The Morgan fingerprint density at radius 2 is 1.61 bits per heavy atom. The second-order valence-electron chi connectivity index (χ2n) is 5.72. The van der Waals surface area contributed by atoms with Crippen molar-refractivity contribution < 1.29 is 0 Å². The highest BCUT2D eigenvalue weighted by Crippen LogP contribution is 2.16. The summed E-state index contributed by atoms with van der Waals surface area (Å²) in [7, 11) is 1.91. The maximum atomic E-state index is 12.8. The van der Waals surface area contributed by atoms with Gasteiger partial charge >= 0.3 is 0 Å². The van der Waals surface area contributed by atoms with Gasteiger partial charge in [-0.25, -0.2) is 4.68 Å². The molecule has 4 nitrogen and oxygen atoms in total. The van der Waals surface area contributed by atoms with Crippen molar-refractivity contribution >= 4 is 5.69 Å². The molecule has 0 amide bonds. The van der Waals surface area contributed by atoms with Gasteiger partial charge in [-0.15, -0.1) is 0 Å². The predicted molar refractivity (Wildman–Crippen MR) is 94.3 cm³/mol. The molecular formula is C19H21N3O. The smallest absolute Gasteiger partial charge is 0.295 e. The van der Waals surface area contributed by atoms with E-state index in [2.05, 4.69) is 24.4 Å². The van der Waals surface area contributed by atoms with Crippen LogP contribution in [-0.4, -0.2) is 9.36 Å². The standard InChI is InChI=1S/C19H21N3O/c1-14-9-7-8-10-16(14)13-20-18-15(2)21(3)22(19(18)23)17-11-5-4-6-12-17/h4-12,20H,13H2,1-3H3. The van der Waals surface area contributed by atoms with E-state index in [0.29, 0.717) is 12.2 Å². The lowest BCUT2D eigenvalue weighted by molar-refractivity contribution is 0.630. The molecule has 3 aromatic rings. The molecule has 0 aliphatic heterocycles. The van der Waals surface area contributed by atoms with Crippen LogP contribution in [0.25, 0.3) is 5.69 Å². The first kappa shape index (κ1) is 15.2. The van der Waals surface area contributed by atoms with Gasteiger partial charge in [0, 0.05) is 13.6 Å². The van der Waals surface area contributed by atoms with Gasteiger partial charge in [0.25, 0.3) is 5.56 Å². The quantitative estimate of drug-likeness (QED) is 0.802. The SMILES string of the molecule is Cc1ccccc1CNc1c(C)n(C)n(-c2ccccc2)c1=O. The summed E-state index contributed by atoms with van der Waals surface area (Å²) in [5, 5.41) is 3.32. The number of aromatic nitrogens is 2. The summed E-state index contributed by atoms with van der Waals surface area (Å²) in [4.78, 5) is 12.8. The van der Waals surface area contributed by atoms with Gasteiger partial charge in [0.15, 0.2) is 0 Å². The van der Waals surface area contributed by atoms with Crippen molar-refractivity contribution in [1.29, 1.82) is 0 Å². The zero-order chi connectivity index (χ0) is 16.4. The molecule has 0 atom stereocenters. The Morgan fingerprint density at radius 1 is 0.957 bits per heavy atom. The van der Waals surface area contributed by atoms with Gasteiger partial charge in [0.2, 0.25) is 0 Å². The molecule has 2 aromatic carbocycles. The van der Waals surface area contributed by atoms with Crippen LogP contribution in [0.1, 0.15) is 16.8 Å². The molecular weight excluding hydrogens is 286 g/mol. The van der Waals surface area contributed by atoms with E-state index in [1.165, 1.54) is 11.1 Å². The summed E-state index contributed by atoms with van der Waals surface area (Å²) in [5.41, 5.74) is 4.84. The Hall–Kier alpha value is -2.75. The summed E-state index contributed by atoms with van der Waals surface area (Å²) >= 11 is 0. The van der Waals surface area contributed by atoms with Crippen LogP contribution in [-0.2, 0) is 13.6 Å². The number of rotatable bonds is 4. The summed E-state index contributed by atoms with van der Waals surface area (Å²) in [6.45, 7) is 4.68. The van der Waals surface area contributed by atoms with Crippen LogP contribution in [0.3, 0.4) is 0 Å². The Morgan fingerprint density at radius 3 is 2.30 bits per heavy atom.